The van der Waals surface area contributed by atoms with Crippen LogP contribution in [0.25, 0.3) is 0 Å². The Kier molecular flexibility index (Phi) is 5.55. The minimum absolute atomic E-state index is 0.247. The van der Waals surface area contributed by atoms with Crippen molar-refractivity contribution in [2.75, 3.05) is 13.2 Å². The van der Waals surface area contributed by atoms with Crippen LogP contribution in [0, 0.1) is 0 Å². The van der Waals surface area contributed by atoms with E-state index in [4.69, 9.17) is 44.3 Å². The summed E-state index contributed by atoms with van der Waals surface area (Å²) >= 11 is 16.6. The van der Waals surface area contributed by atoms with Gasteiger partial charge in [0, 0.05) is 0 Å². The zero-order valence-electron chi connectivity index (χ0n) is 11.7. The summed E-state index contributed by atoms with van der Waals surface area (Å²) in [5.74, 6) is -0.537. The standard InChI is InChI=1S/C14H14Cl3NO4/c1-9-12(10-5-3-2-4-6-10)22-13(20)18(9)11(19)7-21-8-14(15,16)17/h2-6,9,12H,7-8H2,1H3/t9-,12+/m1/s1. The number of amides is 2. The van der Waals surface area contributed by atoms with Crippen molar-refractivity contribution in [1.29, 1.82) is 0 Å². The molecule has 2 amide bonds. The van der Waals surface area contributed by atoms with Crippen molar-refractivity contribution in [3.63, 3.8) is 0 Å². The van der Waals surface area contributed by atoms with Crippen molar-refractivity contribution >= 4 is 46.8 Å². The quantitative estimate of drug-likeness (QED) is 0.766. The Balaban J connectivity index is 2.00. The molecule has 1 aliphatic heterocycles. The molecule has 8 heteroatoms. The van der Waals surface area contributed by atoms with Crippen molar-refractivity contribution in [2.24, 2.45) is 0 Å². The first kappa shape index (κ1) is 17.3. The van der Waals surface area contributed by atoms with Gasteiger partial charge in [0.15, 0.2) is 0 Å². The second kappa shape index (κ2) is 7.04. The van der Waals surface area contributed by atoms with Gasteiger partial charge in [-0.2, -0.15) is 0 Å². The SMILES string of the molecule is C[C@@H]1[C@@H](c2ccccc2)OC(=O)N1C(=O)COCC(Cl)(Cl)Cl. The summed E-state index contributed by atoms with van der Waals surface area (Å²) in [4.78, 5) is 25.0. The van der Waals surface area contributed by atoms with Crippen LogP contribution < -0.4 is 0 Å². The second-order valence-electron chi connectivity index (χ2n) is 4.83. The molecule has 1 aliphatic rings. The van der Waals surface area contributed by atoms with Crippen LogP contribution in [0.15, 0.2) is 30.3 Å². The Labute approximate surface area is 143 Å². The van der Waals surface area contributed by atoms with Crippen molar-refractivity contribution < 1.29 is 19.1 Å². The molecule has 2 atom stereocenters. The summed E-state index contributed by atoms with van der Waals surface area (Å²) in [6.07, 6.45) is -1.21. The monoisotopic (exact) mass is 365 g/mol. The molecular weight excluding hydrogens is 353 g/mol. The lowest BCUT2D eigenvalue weighted by molar-refractivity contribution is -0.133. The third kappa shape index (κ3) is 4.26. The highest BCUT2D eigenvalue weighted by Crippen LogP contribution is 2.32. The van der Waals surface area contributed by atoms with Gasteiger partial charge in [-0.3, -0.25) is 4.79 Å². The van der Waals surface area contributed by atoms with E-state index in [1.165, 1.54) is 0 Å². The van der Waals surface area contributed by atoms with Gasteiger partial charge in [-0.05, 0) is 12.5 Å². The van der Waals surface area contributed by atoms with Gasteiger partial charge in [-0.25, -0.2) is 9.69 Å². The van der Waals surface area contributed by atoms with Crippen LogP contribution in [0.5, 0.6) is 0 Å². The topological polar surface area (TPSA) is 55.8 Å². The molecular formula is C14H14Cl3NO4. The summed E-state index contributed by atoms with van der Waals surface area (Å²) in [5, 5.41) is 0. The molecule has 0 unspecified atom stereocenters. The van der Waals surface area contributed by atoms with E-state index < -0.39 is 27.9 Å². The highest BCUT2D eigenvalue weighted by Gasteiger charge is 2.43. The number of hydrogen-bond donors (Lipinski definition) is 0. The molecule has 1 saturated heterocycles. The molecule has 0 bridgehead atoms. The van der Waals surface area contributed by atoms with E-state index in [-0.39, 0.29) is 13.2 Å². The van der Waals surface area contributed by atoms with E-state index in [1.807, 2.05) is 30.3 Å². The highest BCUT2D eigenvalue weighted by atomic mass is 35.6. The predicted molar refractivity (Wildman–Crippen MR) is 83.1 cm³/mol. The largest absolute Gasteiger partial charge is 0.439 e. The maximum absolute atomic E-state index is 12.1. The highest BCUT2D eigenvalue weighted by molar-refractivity contribution is 6.67. The number of alkyl halides is 3. The summed E-state index contributed by atoms with van der Waals surface area (Å²) in [5.41, 5.74) is 0.820. The fourth-order valence-corrected chi connectivity index (χ4v) is 2.44. The molecule has 1 fully saturated rings. The molecule has 1 heterocycles. The zero-order chi connectivity index (χ0) is 16.3. The van der Waals surface area contributed by atoms with Crippen LogP contribution in [0.1, 0.15) is 18.6 Å². The predicted octanol–water partition coefficient (Wildman–Crippen LogP) is 3.48. The van der Waals surface area contributed by atoms with E-state index in [0.29, 0.717) is 0 Å². The van der Waals surface area contributed by atoms with Gasteiger partial charge >= 0.3 is 6.09 Å². The Bertz CT molecular complexity index is 547. The normalized spacial score (nSPS) is 21.8. The molecule has 120 valence electrons. The van der Waals surface area contributed by atoms with E-state index in [2.05, 4.69) is 0 Å². The fourth-order valence-electron chi connectivity index (χ4n) is 2.21. The number of cyclic esters (lactones) is 1. The van der Waals surface area contributed by atoms with Crippen LogP contribution in [0.4, 0.5) is 4.79 Å². The molecule has 0 aliphatic carbocycles. The van der Waals surface area contributed by atoms with Crippen LogP contribution >= 0.6 is 34.8 Å². The Morgan fingerprint density at radius 2 is 1.95 bits per heavy atom. The second-order valence-corrected chi connectivity index (χ2v) is 7.34. The Morgan fingerprint density at radius 3 is 2.55 bits per heavy atom. The summed E-state index contributed by atoms with van der Waals surface area (Å²) < 4.78 is 8.68. The molecule has 0 N–H and O–H groups in total. The first-order valence-corrected chi connectivity index (χ1v) is 7.65. The number of hydrogen-bond acceptors (Lipinski definition) is 4. The lowest BCUT2D eigenvalue weighted by atomic mass is 10.0. The summed E-state index contributed by atoms with van der Waals surface area (Å²) in [7, 11) is 0. The molecule has 0 saturated carbocycles. The fraction of sp³-hybridized carbons (Fsp3) is 0.429. The smallest absolute Gasteiger partial charge is 0.417 e. The molecule has 0 spiro atoms. The first-order chi connectivity index (χ1) is 10.3. The lowest BCUT2D eigenvalue weighted by Crippen LogP contribution is -2.40. The number of benzene rings is 1. The number of ether oxygens (including phenoxy) is 2. The van der Waals surface area contributed by atoms with Gasteiger partial charge in [-0.15, -0.1) is 0 Å². The Hall–Kier alpha value is -1.01. The van der Waals surface area contributed by atoms with Crippen LogP contribution in [0.3, 0.4) is 0 Å². The molecule has 0 aromatic heterocycles. The number of nitrogens with zero attached hydrogens (tertiary/aromatic N) is 1. The van der Waals surface area contributed by atoms with Crippen LogP contribution in [-0.2, 0) is 14.3 Å². The van der Waals surface area contributed by atoms with E-state index >= 15 is 0 Å². The lowest BCUT2D eigenvalue weighted by Gasteiger charge is -2.19. The van der Waals surface area contributed by atoms with Crippen LogP contribution in [0.2, 0.25) is 0 Å². The minimum atomic E-state index is -1.61. The molecule has 0 radical (unpaired) electrons. The van der Waals surface area contributed by atoms with Crippen LogP contribution in [-0.4, -0.2) is 39.9 Å². The van der Waals surface area contributed by atoms with Gasteiger partial charge in [0.05, 0.1) is 12.6 Å². The number of rotatable bonds is 4. The maximum Gasteiger partial charge on any atom is 0.417 e. The van der Waals surface area contributed by atoms with Crippen molar-refractivity contribution in [2.45, 2.75) is 22.9 Å². The van der Waals surface area contributed by atoms with Gasteiger partial charge in [-0.1, -0.05) is 65.1 Å². The van der Waals surface area contributed by atoms with Gasteiger partial charge in [0.1, 0.15) is 12.7 Å². The maximum atomic E-state index is 12.1. The molecule has 1 aromatic rings. The van der Waals surface area contributed by atoms with Crippen molar-refractivity contribution in [3.8, 4) is 0 Å². The van der Waals surface area contributed by atoms with Gasteiger partial charge < -0.3 is 9.47 Å². The third-order valence-electron chi connectivity index (χ3n) is 3.16. The average molecular weight is 367 g/mol. The number of halogens is 3. The zero-order valence-corrected chi connectivity index (χ0v) is 13.9. The third-order valence-corrected chi connectivity index (χ3v) is 3.49. The number of carbonyl (C=O) groups excluding carboxylic acids is 2. The minimum Gasteiger partial charge on any atom is -0.439 e. The summed E-state index contributed by atoms with van der Waals surface area (Å²) in [6.45, 7) is 1.12. The molecule has 5 nitrogen and oxygen atoms in total. The molecule has 1 aromatic carbocycles. The van der Waals surface area contributed by atoms with E-state index in [1.54, 1.807) is 6.92 Å². The van der Waals surface area contributed by atoms with Crippen molar-refractivity contribution in [1.82, 2.24) is 4.90 Å². The van der Waals surface area contributed by atoms with Gasteiger partial charge in [0.2, 0.25) is 3.79 Å². The van der Waals surface area contributed by atoms with Crippen molar-refractivity contribution in [3.05, 3.63) is 35.9 Å². The van der Waals surface area contributed by atoms with E-state index in [0.717, 1.165) is 10.5 Å². The summed E-state index contributed by atoms with van der Waals surface area (Å²) in [6, 6.07) is 8.76. The number of carbonyl (C=O) groups is 2. The average Bonchev–Trinajstić information content (AvgIpc) is 2.73. The Morgan fingerprint density at radius 1 is 1.32 bits per heavy atom. The first-order valence-electron chi connectivity index (χ1n) is 6.51. The van der Waals surface area contributed by atoms with Gasteiger partial charge in [0.25, 0.3) is 5.91 Å². The number of imide groups is 1. The molecule has 2 rings (SSSR count). The van der Waals surface area contributed by atoms with E-state index in [9.17, 15) is 9.59 Å². The molecule has 22 heavy (non-hydrogen) atoms.